The second-order valence-electron chi connectivity index (χ2n) is 6.30. The van der Waals surface area contributed by atoms with Crippen molar-refractivity contribution in [2.75, 3.05) is 23.6 Å². The maximum Gasteiger partial charge on any atom is 0.338 e. The maximum absolute atomic E-state index is 12.3. The minimum atomic E-state index is -0.932. The van der Waals surface area contributed by atoms with E-state index < -0.39 is 18.0 Å². The molecule has 2 aliphatic heterocycles. The largest absolute Gasteiger partial charge is 0.454 e. The van der Waals surface area contributed by atoms with Crippen LogP contribution in [-0.4, -0.2) is 36.3 Å². The summed E-state index contributed by atoms with van der Waals surface area (Å²) < 4.78 is 16.3. The zero-order chi connectivity index (χ0) is 19.5. The lowest BCUT2D eigenvalue weighted by molar-refractivity contribution is -0.123. The van der Waals surface area contributed by atoms with Gasteiger partial charge >= 0.3 is 5.97 Å². The first-order valence-corrected chi connectivity index (χ1v) is 10.9. The van der Waals surface area contributed by atoms with E-state index in [1.807, 2.05) is 35.7 Å². The Hall–Kier alpha value is -2.32. The first-order valence-electron chi connectivity index (χ1n) is 8.85. The van der Waals surface area contributed by atoms with Gasteiger partial charge in [0.2, 0.25) is 6.79 Å². The lowest BCUT2D eigenvalue weighted by atomic mass is 10.1. The summed E-state index contributed by atoms with van der Waals surface area (Å²) >= 11 is 3.82. The number of rotatable bonds is 5. The van der Waals surface area contributed by atoms with Crippen LogP contribution in [0.5, 0.6) is 11.5 Å². The van der Waals surface area contributed by atoms with Crippen LogP contribution in [-0.2, 0) is 9.53 Å². The third-order valence-electron chi connectivity index (χ3n) is 4.33. The zero-order valence-corrected chi connectivity index (χ0v) is 16.8. The number of esters is 1. The molecule has 28 heavy (non-hydrogen) atoms. The van der Waals surface area contributed by atoms with Gasteiger partial charge in [0, 0.05) is 23.3 Å². The molecule has 0 bridgehead atoms. The smallest absolute Gasteiger partial charge is 0.338 e. The Kier molecular flexibility index (Phi) is 5.68. The van der Waals surface area contributed by atoms with Crippen LogP contribution in [0.2, 0.25) is 0 Å². The molecule has 2 heterocycles. The van der Waals surface area contributed by atoms with Crippen LogP contribution in [0.15, 0.2) is 42.5 Å². The summed E-state index contributed by atoms with van der Waals surface area (Å²) in [6.45, 7) is 1.71. The fourth-order valence-corrected chi connectivity index (χ4v) is 5.69. The Bertz CT molecular complexity index is 881. The average Bonchev–Trinajstić information content (AvgIpc) is 3.39. The highest BCUT2D eigenvalue weighted by atomic mass is 32.2. The molecule has 2 aliphatic rings. The Balaban J connectivity index is 1.33. The van der Waals surface area contributed by atoms with Gasteiger partial charge in [-0.3, -0.25) is 4.79 Å². The minimum Gasteiger partial charge on any atom is -0.454 e. The van der Waals surface area contributed by atoms with Crippen molar-refractivity contribution < 1.29 is 23.8 Å². The van der Waals surface area contributed by atoms with Gasteiger partial charge in [0.25, 0.3) is 5.91 Å². The molecule has 146 valence electrons. The maximum atomic E-state index is 12.3. The monoisotopic (exact) mass is 417 g/mol. The van der Waals surface area contributed by atoms with Crippen LogP contribution in [0, 0.1) is 0 Å². The van der Waals surface area contributed by atoms with Gasteiger partial charge in [-0.1, -0.05) is 12.1 Å². The summed E-state index contributed by atoms with van der Waals surface area (Å²) in [6.07, 6.45) is -0.932. The van der Waals surface area contributed by atoms with Crippen molar-refractivity contribution in [3.63, 3.8) is 0 Å². The predicted molar refractivity (Wildman–Crippen MR) is 110 cm³/mol. The van der Waals surface area contributed by atoms with Crippen LogP contribution < -0.4 is 14.8 Å². The van der Waals surface area contributed by atoms with Crippen LogP contribution in [0.25, 0.3) is 0 Å². The van der Waals surface area contributed by atoms with Gasteiger partial charge in [-0.2, -0.15) is 0 Å². The number of amides is 1. The van der Waals surface area contributed by atoms with E-state index in [4.69, 9.17) is 14.2 Å². The predicted octanol–water partition coefficient (Wildman–Crippen LogP) is 4.08. The van der Waals surface area contributed by atoms with Crippen molar-refractivity contribution in [2.45, 2.75) is 17.6 Å². The van der Waals surface area contributed by atoms with Gasteiger partial charge in [0.05, 0.1) is 10.1 Å². The summed E-state index contributed by atoms with van der Waals surface area (Å²) in [6, 6.07) is 12.5. The topological polar surface area (TPSA) is 73.9 Å². The molecule has 1 N–H and O–H groups in total. The van der Waals surface area contributed by atoms with E-state index >= 15 is 0 Å². The second kappa shape index (κ2) is 8.36. The van der Waals surface area contributed by atoms with E-state index in [1.54, 1.807) is 37.3 Å². The fourth-order valence-electron chi connectivity index (χ4n) is 2.83. The van der Waals surface area contributed by atoms with E-state index in [0.29, 0.717) is 27.3 Å². The van der Waals surface area contributed by atoms with Gasteiger partial charge < -0.3 is 19.5 Å². The van der Waals surface area contributed by atoms with Gasteiger partial charge in [-0.15, -0.1) is 23.5 Å². The summed E-state index contributed by atoms with van der Waals surface area (Å²) in [5.74, 6) is 2.57. The van der Waals surface area contributed by atoms with E-state index in [-0.39, 0.29) is 6.79 Å². The first kappa shape index (κ1) is 19.0. The number of fused-ring (bicyclic) bond motifs is 1. The number of carbonyl (C=O) groups excluding carboxylic acids is 2. The molecule has 0 spiro atoms. The molecule has 0 aromatic heterocycles. The van der Waals surface area contributed by atoms with Crippen molar-refractivity contribution >= 4 is 41.1 Å². The number of carbonyl (C=O) groups is 2. The zero-order valence-electron chi connectivity index (χ0n) is 15.2. The van der Waals surface area contributed by atoms with Gasteiger partial charge in [0.15, 0.2) is 17.6 Å². The Morgan fingerprint density at radius 3 is 2.54 bits per heavy atom. The normalized spacial score (nSPS) is 16.6. The lowest BCUT2D eigenvalue weighted by Gasteiger charge is -2.14. The Labute approximate surface area is 171 Å². The highest BCUT2D eigenvalue weighted by Crippen LogP contribution is 2.45. The Morgan fingerprint density at radius 1 is 1.07 bits per heavy atom. The number of hydrogen-bond donors (Lipinski definition) is 1. The molecule has 1 amide bonds. The Morgan fingerprint density at radius 2 is 1.79 bits per heavy atom. The summed E-state index contributed by atoms with van der Waals surface area (Å²) in [5, 5.41) is 2.72. The van der Waals surface area contributed by atoms with Crippen molar-refractivity contribution in [3.05, 3.63) is 53.6 Å². The average molecular weight is 418 g/mol. The molecule has 2 aromatic rings. The molecule has 1 fully saturated rings. The molecule has 0 unspecified atom stereocenters. The van der Waals surface area contributed by atoms with Crippen molar-refractivity contribution in [1.82, 2.24) is 0 Å². The standard InChI is InChI=1S/C20H19NO5S2/c1-12(18(22)21-15-6-7-16-17(10-15)25-11-24-16)26-19(23)13-2-4-14(5-3-13)20-27-8-9-28-20/h2-7,10,12,20H,8-9,11H2,1H3,(H,21,22)/t12-/m0/s1. The summed E-state index contributed by atoms with van der Waals surface area (Å²) in [5.41, 5.74) is 2.17. The SMILES string of the molecule is C[C@H](OC(=O)c1ccc(C2SCCS2)cc1)C(=O)Nc1ccc2c(c1)OCO2. The molecule has 1 saturated heterocycles. The van der Waals surface area contributed by atoms with Crippen molar-refractivity contribution in [1.29, 1.82) is 0 Å². The number of anilines is 1. The van der Waals surface area contributed by atoms with Gasteiger partial charge in [-0.25, -0.2) is 4.79 Å². The van der Waals surface area contributed by atoms with Crippen LogP contribution >= 0.6 is 23.5 Å². The van der Waals surface area contributed by atoms with Gasteiger partial charge in [-0.05, 0) is 36.8 Å². The third-order valence-corrected chi connectivity index (χ3v) is 7.44. The molecule has 2 aromatic carbocycles. The van der Waals surface area contributed by atoms with E-state index in [2.05, 4.69) is 5.32 Å². The van der Waals surface area contributed by atoms with Crippen molar-refractivity contribution in [2.24, 2.45) is 0 Å². The first-order chi connectivity index (χ1) is 13.6. The van der Waals surface area contributed by atoms with Crippen LogP contribution in [0.4, 0.5) is 5.69 Å². The molecule has 0 aliphatic carbocycles. The molecule has 8 heteroatoms. The van der Waals surface area contributed by atoms with Crippen LogP contribution in [0.3, 0.4) is 0 Å². The molecular formula is C20H19NO5S2. The summed E-state index contributed by atoms with van der Waals surface area (Å²) in [4.78, 5) is 24.7. The van der Waals surface area contributed by atoms with Crippen molar-refractivity contribution in [3.8, 4) is 11.5 Å². The molecule has 0 radical (unpaired) electrons. The highest BCUT2D eigenvalue weighted by Gasteiger charge is 2.22. The second-order valence-corrected chi connectivity index (χ2v) is 9.02. The van der Waals surface area contributed by atoms with E-state index in [1.165, 1.54) is 5.56 Å². The number of benzene rings is 2. The van der Waals surface area contributed by atoms with Gasteiger partial charge in [0.1, 0.15) is 0 Å². The van der Waals surface area contributed by atoms with E-state index in [0.717, 1.165) is 11.5 Å². The molecule has 6 nitrogen and oxygen atoms in total. The molecule has 4 rings (SSSR count). The molecule has 1 atom stereocenters. The summed E-state index contributed by atoms with van der Waals surface area (Å²) in [7, 11) is 0. The number of thioether (sulfide) groups is 2. The quantitative estimate of drug-likeness (QED) is 0.735. The van der Waals surface area contributed by atoms with Crippen LogP contribution in [0.1, 0.15) is 27.4 Å². The van der Waals surface area contributed by atoms with E-state index in [9.17, 15) is 9.59 Å². The number of hydrogen-bond acceptors (Lipinski definition) is 7. The third kappa shape index (κ3) is 4.23. The fraction of sp³-hybridized carbons (Fsp3) is 0.300. The molecular weight excluding hydrogens is 398 g/mol. The lowest BCUT2D eigenvalue weighted by Crippen LogP contribution is -2.30. The highest BCUT2D eigenvalue weighted by molar-refractivity contribution is 8.19. The minimum absolute atomic E-state index is 0.164. The molecule has 0 saturated carbocycles. The number of nitrogens with one attached hydrogen (secondary N) is 1. The number of ether oxygens (including phenoxy) is 3.